The minimum absolute atomic E-state index is 0.481. The number of hydrogen-bond donors (Lipinski definition) is 2. The van der Waals surface area contributed by atoms with Gasteiger partial charge in [0.15, 0.2) is 0 Å². The third-order valence-electron chi connectivity index (χ3n) is 2.50. The van der Waals surface area contributed by atoms with E-state index in [0.29, 0.717) is 5.69 Å². The van der Waals surface area contributed by atoms with Crippen LogP contribution in [0.4, 0.5) is 5.69 Å². The van der Waals surface area contributed by atoms with Gasteiger partial charge in [0.2, 0.25) is 5.91 Å². The monoisotopic (exact) mass is 383 g/mol. The molecule has 0 fully saturated rings. The van der Waals surface area contributed by atoms with Gasteiger partial charge < -0.3 is 11.1 Å². The van der Waals surface area contributed by atoms with Crippen molar-refractivity contribution < 1.29 is 4.79 Å². The highest BCUT2D eigenvalue weighted by Crippen LogP contribution is 2.26. The molecule has 0 bridgehead atoms. The fourth-order valence-corrected chi connectivity index (χ4v) is 2.22. The summed E-state index contributed by atoms with van der Waals surface area (Å²) in [6.07, 6.45) is 1.63. The molecule has 1 aromatic carbocycles. The summed E-state index contributed by atoms with van der Waals surface area (Å²) in [7, 11) is 0. The van der Waals surface area contributed by atoms with Crippen molar-refractivity contribution in [3.8, 4) is 0 Å². The van der Waals surface area contributed by atoms with Crippen molar-refractivity contribution in [3.63, 3.8) is 0 Å². The summed E-state index contributed by atoms with van der Waals surface area (Å²) in [6.45, 7) is 0. The highest BCUT2D eigenvalue weighted by atomic mass is 79.9. The molecule has 1 aromatic heterocycles. The number of rotatable bonds is 4. The first-order chi connectivity index (χ1) is 9.08. The second-order valence-electron chi connectivity index (χ2n) is 3.86. The molecular weight excluding hydrogens is 374 g/mol. The van der Waals surface area contributed by atoms with E-state index in [2.05, 4.69) is 42.2 Å². The minimum Gasteiger partial charge on any atom is -0.368 e. The molecule has 0 aliphatic rings. The van der Waals surface area contributed by atoms with Crippen molar-refractivity contribution >= 4 is 43.5 Å². The third-order valence-corrected chi connectivity index (χ3v) is 3.66. The molecule has 4 nitrogen and oxygen atoms in total. The average Bonchev–Trinajstić information content (AvgIpc) is 2.39. The van der Waals surface area contributed by atoms with Crippen LogP contribution in [-0.2, 0) is 4.79 Å². The maximum absolute atomic E-state index is 11.6. The normalized spacial score (nSPS) is 11.9. The van der Waals surface area contributed by atoms with E-state index < -0.39 is 11.9 Å². The zero-order valence-electron chi connectivity index (χ0n) is 9.81. The molecule has 0 aliphatic carbocycles. The fraction of sp³-hybridized carbons (Fsp3) is 0.0769. The Kier molecular flexibility index (Phi) is 4.55. The summed E-state index contributed by atoms with van der Waals surface area (Å²) in [5.41, 5.74) is 6.80. The van der Waals surface area contributed by atoms with E-state index in [0.717, 1.165) is 14.6 Å². The van der Waals surface area contributed by atoms with Crippen molar-refractivity contribution in [1.29, 1.82) is 0 Å². The average molecular weight is 385 g/mol. The van der Waals surface area contributed by atoms with Gasteiger partial charge in [0.25, 0.3) is 0 Å². The summed E-state index contributed by atoms with van der Waals surface area (Å²) in [4.78, 5) is 15.8. The number of amides is 1. The standard InChI is InChI=1S/C13H11Br2N3O/c14-8-5-6-11(17-7-8)12(13(16)19)18-10-4-2-1-3-9(10)15/h1-7,12,18H,(H2,16,19). The fourth-order valence-electron chi connectivity index (χ4n) is 1.58. The molecule has 6 heteroatoms. The molecule has 1 amide bonds. The number of primary amides is 1. The number of carbonyl (C=O) groups is 1. The van der Waals surface area contributed by atoms with E-state index in [1.54, 1.807) is 12.3 Å². The Hall–Kier alpha value is -1.40. The number of anilines is 1. The molecule has 2 aromatic rings. The third kappa shape index (κ3) is 3.54. The number of halogens is 2. The van der Waals surface area contributed by atoms with Gasteiger partial charge in [-0.25, -0.2) is 0 Å². The van der Waals surface area contributed by atoms with Crippen molar-refractivity contribution in [3.05, 3.63) is 57.2 Å². The number of nitrogens with zero attached hydrogens (tertiary/aromatic N) is 1. The Morgan fingerprint density at radius 1 is 1.21 bits per heavy atom. The number of pyridine rings is 1. The van der Waals surface area contributed by atoms with E-state index in [1.165, 1.54) is 0 Å². The van der Waals surface area contributed by atoms with Crippen LogP contribution < -0.4 is 11.1 Å². The summed E-state index contributed by atoms with van der Waals surface area (Å²) in [5.74, 6) is -0.481. The van der Waals surface area contributed by atoms with E-state index in [1.807, 2.05) is 30.3 Å². The number of benzene rings is 1. The topological polar surface area (TPSA) is 68.0 Å². The predicted octanol–water partition coefficient (Wildman–Crippen LogP) is 3.25. The molecule has 19 heavy (non-hydrogen) atoms. The van der Waals surface area contributed by atoms with Gasteiger partial charge in [0.1, 0.15) is 6.04 Å². The molecule has 0 saturated heterocycles. The summed E-state index contributed by atoms with van der Waals surface area (Å²) < 4.78 is 1.71. The maximum atomic E-state index is 11.6. The highest BCUT2D eigenvalue weighted by Gasteiger charge is 2.19. The number of nitrogens with two attached hydrogens (primary N) is 1. The molecule has 1 unspecified atom stereocenters. The Morgan fingerprint density at radius 3 is 2.53 bits per heavy atom. The van der Waals surface area contributed by atoms with Crippen LogP contribution in [-0.4, -0.2) is 10.9 Å². The molecule has 2 rings (SSSR count). The molecule has 0 aliphatic heterocycles. The lowest BCUT2D eigenvalue weighted by Gasteiger charge is -2.17. The summed E-state index contributed by atoms with van der Waals surface area (Å²) >= 11 is 6.72. The highest BCUT2D eigenvalue weighted by molar-refractivity contribution is 9.10. The van der Waals surface area contributed by atoms with Crippen molar-refractivity contribution in [2.75, 3.05) is 5.32 Å². The van der Waals surface area contributed by atoms with Gasteiger partial charge in [0, 0.05) is 20.8 Å². The lowest BCUT2D eigenvalue weighted by Crippen LogP contribution is -2.28. The molecule has 3 N–H and O–H groups in total. The van der Waals surface area contributed by atoms with Gasteiger partial charge in [-0.2, -0.15) is 0 Å². The molecule has 1 heterocycles. The number of carbonyl (C=O) groups excluding carboxylic acids is 1. The van der Waals surface area contributed by atoms with Gasteiger partial charge in [-0.15, -0.1) is 0 Å². The molecule has 1 atom stereocenters. The van der Waals surface area contributed by atoms with E-state index in [9.17, 15) is 4.79 Å². The minimum atomic E-state index is -0.674. The van der Waals surface area contributed by atoms with Crippen LogP contribution in [0.25, 0.3) is 0 Å². The Labute approximate surface area is 127 Å². The van der Waals surface area contributed by atoms with E-state index >= 15 is 0 Å². The van der Waals surface area contributed by atoms with Crippen LogP contribution in [0.1, 0.15) is 11.7 Å². The largest absolute Gasteiger partial charge is 0.368 e. The van der Waals surface area contributed by atoms with Crippen molar-refractivity contribution in [2.45, 2.75) is 6.04 Å². The maximum Gasteiger partial charge on any atom is 0.246 e. The van der Waals surface area contributed by atoms with Gasteiger partial charge in [-0.1, -0.05) is 12.1 Å². The lowest BCUT2D eigenvalue weighted by atomic mass is 10.1. The van der Waals surface area contributed by atoms with Gasteiger partial charge >= 0.3 is 0 Å². The lowest BCUT2D eigenvalue weighted by molar-refractivity contribution is -0.118. The SMILES string of the molecule is NC(=O)C(Nc1ccccc1Br)c1ccc(Br)cn1. The molecule has 0 spiro atoms. The van der Waals surface area contributed by atoms with E-state index in [4.69, 9.17) is 5.73 Å². The van der Waals surface area contributed by atoms with Gasteiger partial charge in [-0.3, -0.25) is 9.78 Å². The first-order valence-corrected chi connectivity index (χ1v) is 7.08. The smallest absolute Gasteiger partial charge is 0.246 e. The van der Waals surface area contributed by atoms with Crippen LogP contribution in [0, 0.1) is 0 Å². The number of para-hydroxylation sites is 1. The van der Waals surface area contributed by atoms with Crippen molar-refractivity contribution in [1.82, 2.24) is 4.98 Å². The summed E-state index contributed by atoms with van der Waals surface area (Å²) in [5, 5.41) is 3.08. The zero-order valence-corrected chi connectivity index (χ0v) is 13.0. The first kappa shape index (κ1) is 14.0. The number of nitrogens with one attached hydrogen (secondary N) is 1. The quantitative estimate of drug-likeness (QED) is 0.850. The van der Waals surface area contributed by atoms with E-state index in [-0.39, 0.29) is 0 Å². The van der Waals surface area contributed by atoms with Crippen molar-refractivity contribution in [2.24, 2.45) is 5.73 Å². The summed E-state index contributed by atoms with van der Waals surface area (Å²) in [6, 6.07) is 10.4. The Morgan fingerprint density at radius 2 is 1.95 bits per heavy atom. The zero-order chi connectivity index (χ0) is 13.8. The second kappa shape index (κ2) is 6.16. The molecule has 0 saturated carbocycles. The molecule has 98 valence electrons. The Balaban J connectivity index is 2.29. The molecular formula is C13H11Br2N3O. The first-order valence-electron chi connectivity index (χ1n) is 5.50. The van der Waals surface area contributed by atoms with Crippen LogP contribution in [0.2, 0.25) is 0 Å². The van der Waals surface area contributed by atoms with Gasteiger partial charge in [-0.05, 0) is 56.1 Å². The number of hydrogen-bond acceptors (Lipinski definition) is 3. The Bertz CT molecular complexity index is 587. The van der Waals surface area contributed by atoms with Crippen LogP contribution >= 0.6 is 31.9 Å². The van der Waals surface area contributed by atoms with Crippen LogP contribution in [0.15, 0.2) is 51.5 Å². The van der Waals surface area contributed by atoms with Gasteiger partial charge in [0.05, 0.1) is 5.69 Å². The number of aromatic nitrogens is 1. The predicted molar refractivity (Wildman–Crippen MR) is 81.6 cm³/mol. The van der Waals surface area contributed by atoms with Crippen LogP contribution in [0.5, 0.6) is 0 Å². The molecule has 0 radical (unpaired) electrons. The van der Waals surface area contributed by atoms with Crippen LogP contribution in [0.3, 0.4) is 0 Å². The second-order valence-corrected chi connectivity index (χ2v) is 5.63.